The number of carbonyl (C=O) groups is 3. The quantitative estimate of drug-likeness (QED) is 0.450. The summed E-state index contributed by atoms with van der Waals surface area (Å²) in [5.41, 5.74) is 2.27. The molecule has 3 amide bonds. The normalized spacial score (nSPS) is 12.7. The first kappa shape index (κ1) is 29.4. The SMILES string of the molecule is Cc1ccc(C(C(=O)Nc2ccccc2C)N(CC#N)C(=O)C(CC(C)C)NC(=O)OC(C)(C)C)cc1. The number of nitrogens with one attached hydrogen (secondary N) is 2. The maximum absolute atomic E-state index is 13.9. The van der Waals surface area contributed by atoms with Crippen LogP contribution in [0.4, 0.5) is 10.5 Å². The van der Waals surface area contributed by atoms with E-state index in [4.69, 9.17) is 4.74 Å². The van der Waals surface area contributed by atoms with Crippen LogP contribution in [0.2, 0.25) is 0 Å². The van der Waals surface area contributed by atoms with Gasteiger partial charge in [-0.2, -0.15) is 5.26 Å². The van der Waals surface area contributed by atoms with Gasteiger partial charge in [0.2, 0.25) is 5.91 Å². The van der Waals surface area contributed by atoms with E-state index < -0.39 is 35.6 Å². The third kappa shape index (κ3) is 8.94. The fourth-order valence-corrected chi connectivity index (χ4v) is 3.85. The van der Waals surface area contributed by atoms with Crippen molar-refractivity contribution in [2.75, 3.05) is 11.9 Å². The number of anilines is 1. The number of hydrogen-bond acceptors (Lipinski definition) is 5. The molecule has 0 aliphatic heterocycles. The lowest BCUT2D eigenvalue weighted by atomic mass is 9.98. The molecule has 0 radical (unpaired) electrons. The van der Waals surface area contributed by atoms with E-state index in [1.807, 2.05) is 64.1 Å². The van der Waals surface area contributed by atoms with Gasteiger partial charge in [-0.25, -0.2) is 4.79 Å². The zero-order valence-electron chi connectivity index (χ0n) is 22.8. The molecular formula is C29H38N4O4. The fraction of sp³-hybridized carbons (Fsp3) is 0.448. The highest BCUT2D eigenvalue weighted by Crippen LogP contribution is 2.26. The monoisotopic (exact) mass is 506 g/mol. The van der Waals surface area contributed by atoms with Crippen molar-refractivity contribution in [3.8, 4) is 6.07 Å². The molecule has 2 rings (SSSR count). The Kier molecular flexibility index (Phi) is 10.2. The summed E-state index contributed by atoms with van der Waals surface area (Å²) in [4.78, 5) is 41.4. The molecule has 0 aromatic heterocycles. The number of ether oxygens (including phenoxy) is 1. The number of para-hydroxylation sites is 1. The number of carbonyl (C=O) groups excluding carboxylic acids is 3. The van der Waals surface area contributed by atoms with Crippen molar-refractivity contribution in [1.82, 2.24) is 10.2 Å². The Hall–Kier alpha value is -3.86. The maximum Gasteiger partial charge on any atom is 0.408 e. The number of amides is 3. The van der Waals surface area contributed by atoms with Crippen LogP contribution < -0.4 is 10.6 Å². The van der Waals surface area contributed by atoms with Gasteiger partial charge in [-0.05, 0) is 64.2 Å². The van der Waals surface area contributed by atoms with Gasteiger partial charge in [-0.15, -0.1) is 0 Å². The molecule has 2 aromatic rings. The van der Waals surface area contributed by atoms with Crippen molar-refractivity contribution < 1.29 is 19.1 Å². The number of benzene rings is 2. The molecule has 2 aromatic carbocycles. The van der Waals surface area contributed by atoms with Gasteiger partial charge >= 0.3 is 6.09 Å². The minimum atomic E-state index is -1.09. The van der Waals surface area contributed by atoms with Gasteiger partial charge in [0.1, 0.15) is 24.2 Å². The van der Waals surface area contributed by atoms with E-state index in [0.717, 1.165) is 11.1 Å². The lowest BCUT2D eigenvalue weighted by Gasteiger charge is -2.33. The van der Waals surface area contributed by atoms with Crippen LogP contribution in [0.15, 0.2) is 48.5 Å². The van der Waals surface area contributed by atoms with Crippen LogP contribution in [-0.4, -0.2) is 41.0 Å². The first-order chi connectivity index (χ1) is 17.3. The number of nitriles is 1. The van der Waals surface area contributed by atoms with Gasteiger partial charge in [0.15, 0.2) is 0 Å². The first-order valence-corrected chi connectivity index (χ1v) is 12.4. The van der Waals surface area contributed by atoms with Crippen LogP contribution in [-0.2, 0) is 14.3 Å². The second-order valence-corrected chi connectivity index (χ2v) is 10.6. The lowest BCUT2D eigenvalue weighted by Crippen LogP contribution is -2.53. The van der Waals surface area contributed by atoms with Crippen molar-refractivity contribution in [3.05, 3.63) is 65.2 Å². The summed E-state index contributed by atoms with van der Waals surface area (Å²) in [6.45, 7) is 12.5. The third-order valence-electron chi connectivity index (χ3n) is 5.58. The molecule has 0 saturated carbocycles. The number of alkyl carbamates (subject to hydrolysis) is 1. The van der Waals surface area contributed by atoms with Crippen molar-refractivity contribution in [1.29, 1.82) is 5.26 Å². The maximum atomic E-state index is 13.9. The van der Waals surface area contributed by atoms with Crippen molar-refractivity contribution >= 4 is 23.6 Å². The molecule has 0 aliphatic carbocycles. The molecule has 0 fully saturated rings. The Labute approximate surface area is 220 Å². The number of rotatable bonds is 9. The van der Waals surface area contributed by atoms with Crippen molar-refractivity contribution in [2.24, 2.45) is 5.92 Å². The molecule has 37 heavy (non-hydrogen) atoms. The summed E-state index contributed by atoms with van der Waals surface area (Å²) in [7, 11) is 0. The van der Waals surface area contributed by atoms with Crippen LogP contribution >= 0.6 is 0 Å². The first-order valence-electron chi connectivity index (χ1n) is 12.4. The molecule has 0 saturated heterocycles. The Morgan fingerprint density at radius 1 is 1.03 bits per heavy atom. The molecule has 8 nitrogen and oxygen atoms in total. The minimum absolute atomic E-state index is 0.0476. The van der Waals surface area contributed by atoms with Gasteiger partial charge in [-0.3, -0.25) is 9.59 Å². The zero-order chi connectivity index (χ0) is 27.8. The predicted molar refractivity (Wildman–Crippen MR) is 144 cm³/mol. The number of aryl methyl sites for hydroxylation is 2. The number of nitrogens with zero attached hydrogens (tertiary/aromatic N) is 2. The summed E-state index contributed by atoms with van der Waals surface area (Å²) < 4.78 is 5.37. The van der Waals surface area contributed by atoms with Crippen molar-refractivity contribution in [3.63, 3.8) is 0 Å². The van der Waals surface area contributed by atoms with E-state index in [1.54, 1.807) is 39.0 Å². The second-order valence-electron chi connectivity index (χ2n) is 10.6. The average Bonchev–Trinajstić information content (AvgIpc) is 2.79. The van der Waals surface area contributed by atoms with Gasteiger partial charge in [0, 0.05) is 5.69 Å². The summed E-state index contributed by atoms with van der Waals surface area (Å²) in [5, 5.41) is 15.2. The summed E-state index contributed by atoms with van der Waals surface area (Å²) in [6, 6.07) is 14.5. The van der Waals surface area contributed by atoms with Gasteiger partial charge < -0.3 is 20.3 Å². The standard InChI is InChI=1S/C29H38N4O4/c1-19(2)18-24(32-28(36)37-29(5,6)7)27(35)33(17-16-30)25(22-14-12-20(3)13-15-22)26(34)31-23-11-9-8-10-21(23)4/h8-15,19,24-25H,17-18H2,1-7H3,(H,31,34)(H,32,36). The second kappa shape index (κ2) is 12.9. The third-order valence-corrected chi connectivity index (χ3v) is 5.58. The van der Waals surface area contributed by atoms with Crippen LogP contribution in [0.25, 0.3) is 0 Å². The molecule has 2 unspecified atom stereocenters. The van der Waals surface area contributed by atoms with Crippen LogP contribution in [0.1, 0.15) is 63.8 Å². The Bertz CT molecular complexity index is 1130. The molecule has 0 heterocycles. The smallest absolute Gasteiger partial charge is 0.408 e. The van der Waals surface area contributed by atoms with Crippen LogP contribution in [0, 0.1) is 31.1 Å². The molecule has 0 spiro atoms. The van der Waals surface area contributed by atoms with Gasteiger partial charge in [0.25, 0.3) is 5.91 Å². The molecule has 2 atom stereocenters. The minimum Gasteiger partial charge on any atom is -0.444 e. The highest BCUT2D eigenvalue weighted by atomic mass is 16.6. The number of hydrogen-bond donors (Lipinski definition) is 2. The summed E-state index contributed by atoms with van der Waals surface area (Å²) in [6.07, 6.45) is -0.431. The zero-order valence-corrected chi connectivity index (χ0v) is 22.8. The molecule has 0 bridgehead atoms. The van der Waals surface area contributed by atoms with E-state index in [1.165, 1.54) is 4.90 Å². The molecule has 0 aliphatic rings. The van der Waals surface area contributed by atoms with Gasteiger partial charge in [-0.1, -0.05) is 61.9 Å². The topological polar surface area (TPSA) is 112 Å². The predicted octanol–water partition coefficient (Wildman–Crippen LogP) is 5.27. The van der Waals surface area contributed by atoms with E-state index >= 15 is 0 Å². The average molecular weight is 507 g/mol. The lowest BCUT2D eigenvalue weighted by molar-refractivity contribution is -0.140. The molecule has 198 valence electrons. The van der Waals surface area contributed by atoms with E-state index in [2.05, 4.69) is 10.6 Å². The van der Waals surface area contributed by atoms with E-state index in [0.29, 0.717) is 17.7 Å². The highest BCUT2D eigenvalue weighted by molar-refractivity contribution is 5.99. The molecular weight excluding hydrogens is 468 g/mol. The highest BCUT2D eigenvalue weighted by Gasteiger charge is 2.36. The largest absolute Gasteiger partial charge is 0.444 e. The van der Waals surface area contributed by atoms with E-state index in [-0.39, 0.29) is 12.5 Å². The van der Waals surface area contributed by atoms with E-state index in [9.17, 15) is 19.6 Å². The Morgan fingerprint density at radius 3 is 2.19 bits per heavy atom. The Balaban J connectivity index is 2.50. The van der Waals surface area contributed by atoms with Crippen molar-refractivity contribution in [2.45, 2.75) is 72.6 Å². The fourth-order valence-electron chi connectivity index (χ4n) is 3.85. The summed E-state index contributed by atoms with van der Waals surface area (Å²) >= 11 is 0. The van der Waals surface area contributed by atoms with Crippen LogP contribution in [0.3, 0.4) is 0 Å². The Morgan fingerprint density at radius 2 is 1.65 bits per heavy atom. The van der Waals surface area contributed by atoms with Gasteiger partial charge in [0.05, 0.1) is 6.07 Å². The summed E-state index contributed by atoms with van der Waals surface area (Å²) in [5.74, 6) is -0.944. The molecule has 2 N–H and O–H groups in total. The van der Waals surface area contributed by atoms with Crippen LogP contribution in [0.5, 0.6) is 0 Å². The molecule has 8 heteroatoms.